The van der Waals surface area contributed by atoms with Gasteiger partial charge in [-0.05, 0) is 54.2 Å². The molecule has 0 radical (unpaired) electrons. The average molecular weight is 756 g/mol. The molecule has 0 spiro atoms. The molecular formula is C38H32N4OPt. The van der Waals surface area contributed by atoms with Gasteiger partial charge in [0, 0.05) is 34.2 Å². The third-order valence-corrected chi connectivity index (χ3v) is 7.72. The Bertz CT molecular complexity index is 2120. The summed E-state index contributed by atoms with van der Waals surface area (Å²) in [7, 11) is 0. The molecule has 0 saturated heterocycles. The summed E-state index contributed by atoms with van der Waals surface area (Å²) in [6, 6.07) is 40.0. The standard InChI is InChI=1S/C38H32N4O.Pt/c1-25-20-21-39-35(22-25)41-33-17-10-9-16-31(33)32-19-18-30(24-34(32)41)43-29-15-11-14-28(23-29)42-37(38(3,4)5)36(26(2)40-42)27-12-7-6-8-13-27;/h6-22H,1-5H3;/q-2;+2. The minimum Gasteiger partial charge on any atom is -0.509 e. The summed E-state index contributed by atoms with van der Waals surface area (Å²) < 4.78 is 10.6. The molecule has 0 N–H and O–H groups in total. The van der Waals surface area contributed by atoms with Crippen molar-refractivity contribution in [2.24, 2.45) is 0 Å². The fraction of sp³-hybridized carbons (Fsp3) is 0.158. The Kier molecular flexibility index (Phi) is 7.77. The molecule has 0 aliphatic heterocycles. The molecule has 6 heteroatoms. The Morgan fingerprint density at radius 1 is 0.750 bits per heavy atom. The van der Waals surface area contributed by atoms with Crippen molar-refractivity contribution in [1.29, 1.82) is 0 Å². The molecule has 5 nitrogen and oxygen atoms in total. The fourth-order valence-corrected chi connectivity index (χ4v) is 5.90. The minimum absolute atomic E-state index is 0. The van der Waals surface area contributed by atoms with E-state index in [1.807, 2.05) is 47.3 Å². The van der Waals surface area contributed by atoms with E-state index in [0.29, 0.717) is 11.5 Å². The molecule has 0 bridgehead atoms. The molecule has 0 atom stereocenters. The second-order valence-electron chi connectivity index (χ2n) is 12.0. The third-order valence-electron chi connectivity index (χ3n) is 7.72. The van der Waals surface area contributed by atoms with Crippen molar-refractivity contribution in [3.05, 3.63) is 132 Å². The Labute approximate surface area is 272 Å². The molecule has 0 aliphatic rings. The van der Waals surface area contributed by atoms with Gasteiger partial charge in [0.15, 0.2) is 0 Å². The molecule has 0 amide bonds. The van der Waals surface area contributed by atoms with Gasteiger partial charge in [0.2, 0.25) is 0 Å². The van der Waals surface area contributed by atoms with Gasteiger partial charge in [-0.1, -0.05) is 74.8 Å². The third kappa shape index (κ3) is 5.26. The van der Waals surface area contributed by atoms with Crippen LogP contribution in [0.5, 0.6) is 11.5 Å². The van der Waals surface area contributed by atoms with E-state index >= 15 is 0 Å². The molecule has 3 aromatic heterocycles. The Hall–Kier alpha value is -4.47. The first-order valence-corrected chi connectivity index (χ1v) is 14.5. The molecule has 0 unspecified atom stereocenters. The number of hydrogen-bond acceptors (Lipinski definition) is 3. The van der Waals surface area contributed by atoms with Crippen LogP contribution in [0.4, 0.5) is 0 Å². The largest absolute Gasteiger partial charge is 2.00 e. The van der Waals surface area contributed by atoms with Crippen LogP contribution in [0.3, 0.4) is 0 Å². The SMILES string of the molecule is Cc1ccnc(-n2c3[c-]c(Oc4[c-]c(-n5nc(C)c(-c6ccccc6)c5C(C)(C)C)ccc4)ccc3c3ccccc32)c1.[Pt+2]. The van der Waals surface area contributed by atoms with E-state index in [0.717, 1.165) is 61.4 Å². The number of rotatable bonds is 5. The van der Waals surface area contributed by atoms with Crippen LogP contribution in [0.2, 0.25) is 0 Å². The molecule has 0 saturated carbocycles. The summed E-state index contributed by atoms with van der Waals surface area (Å²) in [5.74, 6) is 2.06. The van der Waals surface area contributed by atoms with Gasteiger partial charge in [0.05, 0.1) is 11.4 Å². The van der Waals surface area contributed by atoms with Crippen molar-refractivity contribution in [2.75, 3.05) is 0 Å². The first kappa shape index (κ1) is 29.6. The van der Waals surface area contributed by atoms with E-state index in [2.05, 4.69) is 117 Å². The number of pyridine rings is 1. The molecular weight excluding hydrogens is 724 g/mol. The van der Waals surface area contributed by atoms with Crippen LogP contribution in [-0.2, 0) is 26.5 Å². The van der Waals surface area contributed by atoms with E-state index < -0.39 is 0 Å². The normalized spacial score (nSPS) is 11.6. The van der Waals surface area contributed by atoms with E-state index in [1.165, 1.54) is 0 Å². The second-order valence-corrected chi connectivity index (χ2v) is 12.0. The number of aryl methyl sites for hydroxylation is 2. The number of ether oxygens (including phenoxy) is 1. The first-order chi connectivity index (χ1) is 20.8. The van der Waals surface area contributed by atoms with Gasteiger partial charge in [0.1, 0.15) is 5.82 Å². The van der Waals surface area contributed by atoms with E-state index in [-0.39, 0.29) is 26.5 Å². The topological polar surface area (TPSA) is 44.9 Å². The molecule has 220 valence electrons. The average Bonchev–Trinajstić information content (AvgIpc) is 3.52. The van der Waals surface area contributed by atoms with Crippen LogP contribution in [-0.4, -0.2) is 19.3 Å². The number of hydrogen-bond donors (Lipinski definition) is 0. The van der Waals surface area contributed by atoms with Crippen molar-refractivity contribution < 1.29 is 25.8 Å². The summed E-state index contributed by atoms with van der Waals surface area (Å²) in [5, 5.41) is 7.25. The van der Waals surface area contributed by atoms with Crippen LogP contribution >= 0.6 is 0 Å². The maximum Gasteiger partial charge on any atom is 2.00 e. The molecule has 0 aliphatic carbocycles. The van der Waals surface area contributed by atoms with Gasteiger partial charge < -0.3 is 9.30 Å². The van der Waals surface area contributed by atoms with Crippen LogP contribution in [0.1, 0.15) is 37.7 Å². The van der Waals surface area contributed by atoms with Gasteiger partial charge in [0.25, 0.3) is 0 Å². The van der Waals surface area contributed by atoms with Crippen LogP contribution in [0.15, 0.2) is 103 Å². The summed E-state index contributed by atoms with van der Waals surface area (Å²) in [6.45, 7) is 10.8. The quantitative estimate of drug-likeness (QED) is 0.165. The maximum absolute atomic E-state index is 6.42. The predicted octanol–water partition coefficient (Wildman–Crippen LogP) is 9.34. The summed E-state index contributed by atoms with van der Waals surface area (Å²) in [6.07, 6.45) is 1.85. The van der Waals surface area contributed by atoms with Gasteiger partial charge in [-0.3, -0.25) is 4.68 Å². The second kappa shape index (κ2) is 11.6. The van der Waals surface area contributed by atoms with E-state index in [4.69, 9.17) is 9.84 Å². The van der Waals surface area contributed by atoms with Gasteiger partial charge in [-0.15, -0.1) is 35.7 Å². The maximum atomic E-state index is 6.42. The van der Waals surface area contributed by atoms with Crippen LogP contribution < -0.4 is 4.74 Å². The first-order valence-electron chi connectivity index (χ1n) is 14.5. The number of aromatic nitrogens is 4. The zero-order valence-corrected chi connectivity index (χ0v) is 27.6. The van der Waals surface area contributed by atoms with Crippen molar-refractivity contribution in [3.63, 3.8) is 0 Å². The van der Waals surface area contributed by atoms with Gasteiger partial charge in [-0.25, -0.2) is 4.98 Å². The number of benzene rings is 4. The number of fused-ring (bicyclic) bond motifs is 3. The van der Waals surface area contributed by atoms with Crippen molar-refractivity contribution >= 4 is 21.8 Å². The smallest absolute Gasteiger partial charge is 0.509 e. The monoisotopic (exact) mass is 755 g/mol. The van der Waals surface area contributed by atoms with E-state index in [9.17, 15) is 0 Å². The van der Waals surface area contributed by atoms with E-state index in [1.54, 1.807) is 0 Å². The van der Waals surface area contributed by atoms with Gasteiger partial charge >= 0.3 is 21.1 Å². The molecule has 4 aromatic carbocycles. The Morgan fingerprint density at radius 2 is 1.50 bits per heavy atom. The minimum atomic E-state index is -0.160. The van der Waals surface area contributed by atoms with Crippen molar-refractivity contribution in [2.45, 2.75) is 40.0 Å². The van der Waals surface area contributed by atoms with Crippen molar-refractivity contribution in [3.8, 4) is 34.1 Å². The summed E-state index contributed by atoms with van der Waals surface area (Å²) >= 11 is 0. The zero-order chi connectivity index (χ0) is 29.7. The predicted molar refractivity (Wildman–Crippen MR) is 173 cm³/mol. The zero-order valence-electron chi connectivity index (χ0n) is 25.3. The fourth-order valence-electron chi connectivity index (χ4n) is 5.90. The van der Waals surface area contributed by atoms with Crippen LogP contribution in [0.25, 0.3) is 44.4 Å². The molecule has 7 aromatic rings. The molecule has 7 rings (SSSR count). The summed E-state index contributed by atoms with van der Waals surface area (Å²) in [5.41, 5.74) is 8.23. The van der Waals surface area contributed by atoms with Crippen LogP contribution in [0, 0.1) is 26.0 Å². The van der Waals surface area contributed by atoms with Gasteiger partial charge in [-0.2, -0.15) is 17.2 Å². The molecule has 44 heavy (non-hydrogen) atoms. The van der Waals surface area contributed by atoms with Crippen molar-refractivity contribution in [1.82, 2.24) is 19.3 Å². The molecule has 0 fully saturated rings. The summed E-state index contributed by atoms with van der Waals surface area (Å²) in [4.78, 5) is 4.69. The Balaban J connectivity index is 0.00000343. The number of para-hydroxylation sites is 1. The Morgan fingerprint density at radius 3 is 2.27 bits per heavy atom. The molecule has 3 heterocycles. The number of nitrogens with zero attached hydrogens (tertiary/aromatic N) is 4.